The predicted molar refractivity (Wildman–Crippen MR) is 240 cm³/mol. The molecule has 0 spiro atoms. The minimum atomic E-state index is 0.182. The zero-order chi connectivity index (χ0) is 37.9. The highest BCUT2D eigenvalue weighted by Crippen LogP contribution is 2.40. The van der Waals surface area contributed by atoms with Gasteiger partial charge in [0.05, 0.1) is 17.8 Å². The minimum absolute atomic E-state index is 0.182. The number of halogens is 4. The first kappa shape index (κ1) is 38.7. The summed E-state index contributed by atoms with van der Waals surface area (Å²) in [5.74, 6) is 0.182. The van der Waals surface area contributed by atoms with Crippen LogP contribution in [0.25, 0.3) is 11.1 Å². The topological polar surface area (TPSA) is 71.0 Å². The van der Waals surface area contributed by atoms with Crippen molar-refractivity contribution >= 4 is 85.4 Å². The molecule has 5 aromatic rings. The molecule has 0 bridgehead atoms. The van der Waals surface area contributed by atoms with E-state index < -0.39 is 0 Å². The van der Waals surface area contributed by atoms with Crippen LogP contribution in [-0.4, -0.2) is 51.9 Å². The lowest BCUT2D eigenvalue weighted by atomic mass is 9.88. The molecule has 55 heavy (non-hydrogen) atoms. The largest absolute Gasteiger partial charge is 0.342 e. The molecule has 2 saturated heterocycles. The van der Waals surface area contributed by atoms with Gasteiger partial charge in [0.15, 0.2) is 0 Å². The first-order chi connectivity index (χ1) is 26.8. The highest BCUT2D eigenvalue weighted by Gasteiger charge is 2.27. The fourth-order valence-corrected chi connectivity index (χ4v) is 9.79. The molecular formula is C45H41Cl2I2N5O. The molecule has 2 fully saturated rings. The maximum atomic E-state index is 12.8. The number of rotatable bonds is 2. The number of carbonyl (C=O) groups excluding carboxylic acids is 1. The quantitative estimate of drug-likeness (QED) is 0.179. The van der Waals surface area contributed by atoms with Crippen molar-refractivity contribution in [2.24, 2.45) is 0 Å². The molecule has 2 aliphatic carbocycles. The molecular weight excluding hydrogens is 951 g/mol. The third-order valence-corrected chi connectivity index (χ3v) is 12.7. The van der Waals surface area contributed by atoms with E-state index in [2.05, 4.69) is 91.9 Å². The molecule has 4 aliphatic rings. The Kier molecular flexibility index (Phi) is 12.3. The Morgan fingerprint density at radius 3 is 1.65 bits per heavy atom. The summed E-state index contributed by atoms with van der Waals surface area (Å²) in [6.45, 7) is 3.60. The van der Waals surface area contributed by atoms with Crippen LogP contribution in [0.4, 0.5) is 0 Å². The molecule has 3 aromatic heterocycles. The fraction of sp³-hybridized carbons (Fsp3) is 0.289. The van der Waals surface area contributed by atoms with Gasteiger partial charge in [0.25, 0.3) is 0 Å². The smallest absolute Gasteiger partial charge is 0.227 e. The van der Waals surface area contributed by atoms with Crippen molar-refractivity contribution in [1.29, 1.82) is 0 Å². The number of fused-ring (bicyclic) bond motifs is 4. The van der Waals surface area contributed by atoms with Crippen molar-refractivity contribution in [1.82, 2.24) is 25.2 Å². The van der Waals surface area contributed by atoms with Crippen molar-refractivity contribution < 1.29 is 4.79 Å². The maximum Gasteiger partial charge on any atom is 0.227 e. The van der Waals surface area contributed by atoms with Gasteiger partial charge < -0.3 is 10.2 Å². The van der Waals surface area contributed by atoms with E-state index in [4.69, 9.17) is 33.2 Å². The Bertz CT molecular complexity index is 2200. The summed E-state index contributed by atoms with van der Waals surface area (Å²) in [5, 5.41) is 5.06. The third kappa shape index (κ3) is 8.88. The van der Waals surface area contributed by atoms with Crippen LogP contribution in [0, 0.1) is 7.14 Å². The van der Waals surface area contributed by atoms with Gasteiger partial charge in [-0.05, 0) is 197 Å². The van der Waals surface area contributed by atoms with Crippen molar-refractivity contribution in [2.45, 2.75) is 57.8 Å². The fourth-order valence-electron chi connectivity index (χ4n) is 8.37. The molecule has 280 valence electrons. The monoisotopic (exact) mass is 991 g/mol. The SMILES string of the molecule is Clc1ccc2c(c1)CCc1cc(I)cnc1C2=C1CCNCC1.O=C(Cc1ccncc1)N1CCC(=C2c3ccc(Cl)cc3CCc3cc(I)cnc32)CC1. The number of pyridine rings is 3. The van der Waals surface area contributed by atoms with Crippen molar-refractivity contribution in [2.75, 3.05) is 26.2 Å². The number of aryl methyl sites for hydroxylation is 4. The number of hydrogen-bond donors (Lipinski definition) is 1. The molecule has 1 amide bonds. The lowest BCUT2D eigenvalue weighted by Gasteiger charge is -2.30. The number of hydrogen-bond acceptors (Lipinski definition) is 5. The van der Waals surface area contributed by atoms with Gasteiger partial charge >= 0.3 is 0 Å². The van der Waals surface area contributed by atoms with Gasteiger partial charge in [-0.1, -0.05) is 46.5 Å². The number of carbonyl (C=O) groups is 1. The molecule has 6 nitrogen and oxygen atoms in total. The number of benzene rings is 2. The molecule has 1 N–H and O–H groups in total. The zero-order valence-electron chi connectivity index (χ0n) is 30.5. The first-order valence-corrected chi connectivity index (χ1v) is 21.9. The van der Waals surface area contributed by atoms with Crippen molar-refractivity contribution in [3.63, 3.8) is 0 Å². The van der Waals surface area contributed by atoms with E-state index in [0.717, 1.165) is 102 Å². The number of likely N-dealkylation sites (tertiary alicyclic amines) is 1. The summed E-state index contributed by atoms with van der Waals surface area (Å²) < 4.78 is 2.37. The molecule has 2 aromatic carbocycles. The lowest BCUT2D eigenvalue weighted by Crippen LogP contribution is -2.37. The lowest BCUT2D eigenvalue weighted by molar-refractivity contribution is -0.130. The summed E-state index contributed by atoms with van der Waals surface area (Å²) in [4.78, 5) is 28.6. The molecule has 0 atom stereocenters. The normalized spacial score (nSPS) is 16.5. The van der Waals surface area contributed by atoms with Crippen LogP contribution in [0.5, 0.6) is 0 Å². The van der Waals surface area contributed by atoms with E-state index in [0.29, 0.717) is 6.42 Å². The summed E-state index contributed by atoms with van der Waals surface area (Å²) >= 11 is 17.3. The van der Waals surface area contributed by atoms with Gasteiger partial charge in [-0.25, -0.2) is 0 Å². The zero-order valence-corrected chi connectivity index (χ0v) is 36.3. The van der Waals surface area contributed by atoms with E-state index in [9.17, 15) is 4.79 Å². The van der Waals surface area contributed by atoms with Crippen molar-refractivity contribution in [3.8, 4) is 0 Å². The molecule has 10 heteroatoms. The van der Waals surface area contributed by atoms with Gasteiger partial charge in [0.1, 0.15) is 0 Å². The summed E-state index contributed by atoms with van der Waals surface area (Å²) in [5.41, 5.74) is 16.7. The van der Waals surface area contributed by atoms with Crippen LogP contribution in [-0.2, 0) is 36.9 Å². The number of aromatic nitrogens is 3. The molecule has 2 aliphatic heterocycles. The van der Waals surface area contributed by atoms with Gasteiger partial charge in [0, 0.05) is 66.2 Å². The Morgan fingerprint density at radius 1 is 0.636 bits per heavy atom. The van der Waals surface area contributed by atoms with E-state index >= 15 is 0 Å². The highest BCUT2D eigenvalue weighted by atomic mass is 127. The minimum Gasteiger partial charge on any atom is -0.342 e. The van der Waals surface area contributed by atoms with E-state index in [1.54, 1.807) is 12.4 Å². The first-order valence-electron chi connectivity index (χ1n) is 19.0. The molecule has 5 heterocycles. The van der Waals surface area contributed by atoms with E-state index in [-0.39, 0.29) is 5.91 Å². The maximum absolute atomic E-state index is 12.8. The van der Waals surface area contributed by atoms with Crippen LogP contribution >= 0.6 is 68.4 Å². The van der Waals surface area contributed by atoms with Crippen LogP contribution < -0.4 is 5.32 Å². The van der Waals surface area contributed by atoms with Gasteiger partial charge in [-0.3, -0.25) is 19.7 Å². The van der Waals surface area contributed by atoms with E-state index in [1.165, 1.54) is 64.9 Å². The predicted octanol–water partition coefficient (Wildman–Crippen LogP) is 10.1. The number of piperidine rings is 2. The van der Waals surface area contributed by atoms with Crippen LogP contribution in [0.2, 0.25) is 10.0 Å². The van der Waals surface area contributed by atoms with Gasteiger partial charge in [-0.2, -0.15) is 0 Å². The van der Waals surface area contributed by atoms with Crippen LogP contribution in [0.15, 0.2) is 96.6 Å². The summed E-state index contributed by atoms with van der Waals surface area (Å²) in [7, 11) is 0. The average Bonchev–Trinajstić information content (AvgIpc) is 3.46. The second kappa shape index (κ2) is 17.5. The van der Waals surface area contributed by atoms with Crippen LogP contribution in [0.3, 0.4) is 0 Å². The van der Waals surface area contributed by atoms with E-state index in [1.807, 2.05) is 41.6 Å². The molecule has 9 rings (SSSR count). The standard InChI is InChI=1S/C26H23ClIN3O.C19H18ClIN2/c27-21-3-4-23-19(14-21)1-2-20-15-22(28)16-30-26(20)25(23)18-7-11-31(12-8-18)24(32)13-17-5-9-29-10-6-17;20-15-3-4-17-13(9-15)1-2-14-10-16(21)11-23-19(14)18(17)12-5-7-22-8-6-12/h3-6,9-10,14-16H,1-2,7-8,11-13H2;3-4,9-11,22H,1-2,5-8H2. The Hall–Kier alpha value is -3.16. The highest BCUT2D eigenvalue weighted by molar-refractivity contribution is 14.1. The van der Waals surface area contributed by atoms with Gasteiger partial charge in [-0.15, -0.1) is 0 Å². The summed E-state index contributed by atoms with van der Waals surface area (Å²) in [6.07, 6.45) is 15.8. The second-order valence-electron chi connectivity index (χ2n) is 14.5. The number of nitrogens with one attached hydrogen (secondary N) is 1. The summed E-state index contributed by atoms with van der Waals surface area (Å²) in [6, 6.07) is 20.9. The van der Waals surface area contributed by atoms with Crippen LogP contribution in [0.1, 0.15) is 76.0 Å². The Labute approximate surface area is 360 Å². The molecule has 0 radical (unpaired) electrons. The Morgan fingerprint density at radius 2 is 1.13 bits per heavy atom. The molecule has 0 saturated carbocycles. The number of nitrogens with zero attached hydrogens (tertiary/aromatic N) is 4. The van der Waals surface area contributed by atoms with Gasteiger partial charge in [0.2, 0.25) is 5.91 Å². The molecule has 0 unspecified atom stereocenters. The Balaban J connectivity index is 0.000000164. The van der Waals surface area contributed by atoms with Crippen molar-refractivity contribution in [3.05, 3.63) is 164 Å². The number of amides is 1. The second-order valence-corrected chi connectivity index (χ2v) is 17.9. The average molecular weight is 993 g/mol. The third-order valence-electron chi connectivity index (χ3n) is 11.1.